The zero-order valence-electron chi connectivity index (χ0n) is 15.9. The number of nitrogens with zero attached hydrogens (tertiary/aromatic N) is 1. The first-order chi connectivity index (χ1) is 14.3. The third-order valence-corrected chi connectivity index (χ3v) is 5.28. The van der Waals surface area contributed by atoms with Gasteiger partial charge in [0.15, 0.2) is 5.78 Å². The highest BCUT2D eigenvalue weighted by atomic mass is 19.4. The van der Waals surface area contributed by atoms with Crippen LogP contribution in [0.5, 0.6) is 0 Å². The molecule has 0 saturated heterocycles. The largest absolute Gasteiger partial charge is 0.417 e. The molecule has 0 bridgehead atoms. The fraction of sp³-hybridized carbons (Fsp3) is 0.318. The number of ketones is 1. The number of nitrogens with one attached hydrogen (secondary N) is 1. The van der Waals surface area contributed by atoms with Crippen LogP contribution in [0, 0.1) is 5.92 Å². The van der Waals surface area contributed by atoms with E-state index in [0.29, 0.717) is 12.8 Å². The lowest BCUT2D eigenvalue weighted by Gasteiger charge is -2.24. The second kappa shape index (κ2) is 7.59. The molecule has 1 fully saturated rings. The molecule has 156 valence electrons. The van der Waals surface area contributed by atoms with Crippen LogP contribution in [0.15, 0.2) is 59.8 Å². The van der Waals surface area contributed by atoms with Crippen molar-refractivity contribution in [1.29, 1.82) is 0 Å². The van der Waals surface area contributed by atoms with E-state index in [0.717, 1.165) is 11.6 Å². The molecule has 2 aromatic rings. The molecule has 0 spiro atoms. The van der Waals surface area contributed by atoms with Crippen molar-refractivity contribution in [3.05, 3.63) is 71.3 Å². The van der Waals surface area contributed by atoms with Gasteiger partial charge in [-0.2, -0.15) is 13.2 Å². The van der Waals surface area contributed by atoms with Crippen LogP contribution in [0.25, 0.3) is 0 Å². The summed E-state index contributed by atoms with van der Waals surface area (Å²) in [6.45, 7) is 0.164. The van der Waals surface area contributed by atoms with Crippen LogP contribution < -0.4 is 5.32 Å². The van der Waals surface area contributed by atoms with Crippen molar-refractivity contribution < 1.29 is 27.6 Å². The smallest absolute Gasteiger partial charge is 0.370 e. The molecule has 1 N–H and O–H groups in total. The summed E-state index contributed by atoms with van der Waals surface area (Å²) in [6, 6.07) is 14.0. The topological polar surface area (TPSA) is 67.8 Å². The van der Waals surface area contributed by atoms with Crippen molar-refractivity contribution in [2.24, 2.45) is 11.1 Å². The molecule has 1 amide bonds. The van der Waals surface area contributed by atoms with E-state index in [1.54, 1.807) is 0 Å². The van der Waals surface area contributed by atoms with E-state index < -0.39 is 29.0 Å². The summed E-state index contributed by atoms with van der Waals surface area (Å²) in [7, 11) is 0. The van der Waals surface area contributed by atoms with Gasteiger partial charge in [-0.25, -0.2) is 0 Å². The minimum Gasteiger partial charge on any atom is -0.370 e. The maximum atomic E-state index is 13.4. The Balaban J connectivity index is 1.60. The van der Waals surface area contributed by atoms with Crippen molar-refractivity contribution in [2.45, 2.75) is 37.6 Å². The van der Waals surface area contributed by atoms with Gasteiger partial charge in [-0.15, -0.1) is 0 Å². The third kappa shape index (κ3) is 3.81. The van der Waals surface area contributed by atoms with Gasteiger partial charge >= 0.3 is 6.18 Å². The van der Waals surface area contributed by atoms with Crippen LogP contribution in [-0.2, 0) is 27.1 Å². The van der Waals surface area contributed by atoms with Crippen molar-refractivity contribution in [2.75, 3.05) is 0 Å². The highest BCUT2D eigenvalue weighted by Crippen LogP contribution is 2.41. The molecule has 5 nitrogen and oxygen atoms in total. The first kappa shape index (κ1) is 20.1. The Morgan fingerprint density at radius 3 is 2.40 bits per heavy atom. The Morgan fingerprint density at radius 1 is 1.07 bits per heavy atom. The fourth-order valence-electron chi connectivity index (χ4n) is 3.52. The number of hydrogen-bond donors (Lipinski definition) is 1. The lowest BCUT2D eigenvalue weighted by molar-refractivity contribution is -0.157. The van der Waals surface area contributed by atoms with E-state index in [4.69, 9.17) is 4.84 Å². The molecule has 1 aliphatic carbocycles. The molecule has 2 aromatic carbocycles. The molecule has 30 heavy (non-hydrogen) atoms. The Kier molecular flexibility index (Phi) is 5.09. The molecule has 1 aliphatic heterocycles. The predicted molar refractivity (Wildman–Crippen MR) is 102 cm³/mol. The average molecular weight is 416 g/mol. The minimum atomic E-state index is -4.60. The monoisotopic (exact) mass is 416 g/mol. The van der Waals surface area contributed by atoms with Crippen LogP contribution in [0.2, 0.25) is 0 Å². The molecule has 0 radical (unpaired) electrons. The second-order valence-electron chi connectivity index (χ2n) is 7.48. The predicted octanol–water partition coefficient (Wildman–Crippen LogP) is 3.86. The van der Waals surface area contributed by atoms with Crippen LogP contribution >= 0.6 is 0 Å². The van der Waals surface area contributed by atoms with Gasteiger partial charge in [0.05, 0.1) is 17.7 Å². The van der Waals surface area contributed by atoms with Crippen LogP contribution in [0.1, 0.15) is 36.0 Å². The SMILES string of the molecule is O=C(NCc1ccccc1)C1(C(=O)C2CC2)CC(c2ccccc2C(F)(F)F)=NO1. The lowest BCUT2D eigenvalue weighted by Crippen LogP contribution is -2.53. The van der Waals surface area contributed by atoms with Crippen LogP contribution in [0.4, 0.5) is 13.2 Å². The van der Waals surface area contributed by atoms with E-state index >= 15 is 0 Å². The van der Waals surface area contributed by atoms with Gasteiger partial charge in [0.1, 0.15) is 0 Å². The lowest BCUT2D eigenvalue weighted by atomic mass is 9.86. The number of halogens is 3. The van der Waals surface area contributed by atoms with Crippen molar-refractivity contribution in [1.82, 2.24) is 5.32 Å². The molecule has 2 aliphatic rings. The maximum Gasteiger partial charge on any atom is 0.417 e. The van der Waals surface area contributed by atoms with Gasteiger partial charge in [0.2, 0.25) is 0 Å². The maximum absolute atomic E-state index is 13.4. The number of alkyl halides is 3. The number of benzene rings is 2. The number of carbonyl (C=O) groups excluding carboxylic acids is 2. The average Bonchev–Trinajstić information content (AvgIpc) is 3.49. The van der Waals surface area contributed by atoms with E-state index in [2.05, 4.69) is 10.5 Å². The first-order valence-corrected chi connectivity index (χ1v) is 9.59. The van der Waals surface area contributed by atoms with Crippen molar-refractivity contribution >= 4 is 17.4 Å². The number of rotatable bonds is 6. The standard InChI is InChI=1S/C22H19F3N2O3/c23-22(24,25)17-9-5-4-8-16(17)18-12-21(30-27-18,19(28)15-10-11-15)20(29)26-13-14-6-2-1-3-7-14/h1-9,15H,10-13H2,(H,26,29). The summed E-state index contributed by atoms with van der Waals surface area (Å²) in [5, 5.41) is 6.46. The van der Waals surface area contributed by atoms with E-state index in [-0.39, 0.29) is 30.2 Å². The summed E-state index contributed by atoms with van der Waals surface area (Å²) in [6.07, 6.45) is -3.68. The zero-order valence-corrected chi connectivity index (χ0v) is 15.9. The molecule has 4 rings (SSSR count). The molecule has 1 saturated carbocycles. The molecule has 1 heterocycles. The molecule has 1 atom stereocenters. The Morgan fingerprint density at radius 2 is 1.73 bits per heavy atom. The summed E-state index contributed by atoms with van der Waals surface area (Å²) >= 11 is 0. The van der Waals surface area contributed by atoms with E-state index in [9.17, 15) is 22.8 Å². The van der Waals surface area contributed by atoms with Crippen molar-refractivity contribution in [3.63, 3.8) is 0 Å². The van der Waals surface area contributed by atoms with E-state index in [1.807, 2.05) is 30.3 Å². The van der Waals surface area contributed by atoms with Gasteiger partial charge in [0, 0.05) is 18.0 Å². The van der Waals surface area contributed by atoms with E-state index in [1.165, 1.54) is 18.2 Å². The molecule has 0 aromatic heterocycles. The summed E-state index contributed by atoms with van der Waals surface area (Å²) in [5.41, 5.74) is -2.25. The molecule has 8 heteroatoms. The molecular weight excluding hydrogens is 397 g/mol. The van der Waals surface area contributed by atoms with Gasteiger partial charge < -0.3 is 10.2 Å². The normalized spacial score (nSPS) is 21.0. The first-order valence-electron chi connectivity index (χ1n) is 9.59. The minimum absolute atomic E-state index is 0.0632. The van der Waals surface area contributed by atoms with Crippen LogP contribution in [-0.4, -0.2) is 23.0 Å². The molecular formula is C22H19F3N2O3. The highest BCUT2D eigenvalue weighted by molar-refractivity contribution is 6.17. The summed E-state index contributed by atoms with van der Waals surface area (Å²) < 4.78 is 40.2. The summed E-state index contributed by atoms with van der Waals surface area (Å²) in [5.74, 6) is -1.46. The van der Waals surface area contributed by atoms with Crippen LogP contribution in [0.3, 0.4) is 0 Å². The number of Topliss-reactive ketones (excluding diaryl/α,β-unsaturated/α-hetero) is 1. The molecule has 1 unspecified atom stereocenters. The highest BCUT2D eigenvalue weighted by Gasteiger charge is 2.57. The Labute approximate surface area is 170 Å². The Hall–Kier alpha value is -3.16. The number of carbonyl (C=O) groups is 2. The Bertz CT molecular complexity index is 1000. The van der Waals surface area contributed by atoms with Crippen molar-refractivity contribution in [3.8, 4) is 0 Å². The number of hydrogen-bond acceptors (Lipinski definition) is 4. The number of amides is 1. The number of oxime groups is 1. The summed E-state index contributed by atoms with van der Waals surface area (Å²) in [4.78, 5) is 31.3. The van der Waals surface area contributed by atoms with Gasteiger partial charge in [-0.3, -0.25) is 9.59 Å². The van der Waals surface area contributed by atoms with Gasteiger partial charge in [-0.1, -0.05) is 53.7 Å². The third-order valence-electron chi connectivity index (χ3n) is 5.28. The zero-order chi connectivity index (χ0) is 21.4. The van der Waals surface area contributed by atoms with Gasteiger partial charge in [0.25, 0.3) is 11.5 Å². The quantitative estimate of drug-likeness (QED) is 0.727. The second-order valence-corrected chi connectivity index (χ2v) is 7.48. The fourth-order valence-corrected chi connectivity index (χ4v) is 3.52. The van der Waals surface area contributed by atoms with Gasteiger partial charge in [-0.05, 0) is 24.5 Å².